The number of nitrogens with two attached hydrogens (primary N) is 2. The number of aromatic nitrogens is 2. The molecule has 13 nitrogen and oxygen atoms in total. The second-order valence-corrected chi connectivity index (χ2v) is 8.75. The average molecular weight is 518 g/mol. The highest BCUT2D eigenvalue weighted by molar-refractivity contribution is 5.94. The van der Waals surface area contributed by atoms with Crippen molar-refractivity contribution in [1.29, 1.82) is 0 Å². The van der Waals surface area contributed by atoms with Crippen LogP contribution in [0.2, 0.25) is 0 Å². The molecule has 0 bridgehead atoms. The van der Waals surface area contributed by atoms with E-state index in [0.29, 0.717) is 30.6 Å². The molecular formula is C24H35N7O6. The summed E-state index contributed by atoms with van der Waals surface area (Å²) in [6, 6.07) is 1.83. The zero-order valence-corrected chi connectivity index (χ0v) is 20.6. The van der Waals surface area contributed by atoms with Crippen LogP contribution in [0.5, 0.6) is 5.75 Å². The van der Waals surface area contributed by atoms with Gasteiger partial charge in [0, 0.05) is 24.7 Å². The number of phenols is 1. The van der Waals surface area contributed by atoms with Crippen molar-refractivity contribution in [3.63, 3.8) is 0 Å². The number of H-pyrrole nitrogens is 1. The molecule has 0 aliphatic heterocycles. The van der Waals surface area contributed by atoms with E-state index in [1.54, 1.807) is 12.1 Å². The van der Waals surface area contributed by atoms with Crippen LogP contribution in [-0.2, 0) is 32.0 Å². The minimum Gasteiger partial charge on any atom is -0.508 e. The molecule has 2 aromatic rings. The predicted octanol–water partition coefficient (Wildman–Crippen LogP) is -1.08. The molecule has 1 aromatic heterocycles. The summed E-state index contributed by atoms with van der Waals surface area (Å²) in [5.41, 5.74) is 12.4. The summed E-state index contributed by atoms with van der Waals surface area (Å²) in [5.74, 6) is -3.09. The van der Waals surface area contributed by atoms with Gasteiger partial charge in [0.05, 0.1) is 12.4 Å². The first kappa shape index (κ1) is 29.3. The van der Waals surface area contributed by atoms with Crippen LogP contribution in [0.4, 0.5) is 0 Å². The average Bonchev–Trinajstić information content (AvgIpc) is 3.36. The van der Waals surface area contributed by atoms with E-state index in [2.05, 4.69) is 25.9 Å². The molecule has 0 saturated heterocycles. The summed E-state index contributed by atoms with van der Waals surface area (Å²) in [7, 11) is 0. The summed E-state index contributed by atoms with van der Waals surface area (Å²) in [5, 5.41) is 26.8. The van der Waals surface area contributed by atoms with Gasteiger partial charge in [-0.1, -0.05) is 12.1 Å². The quantitative estimate of drug-likeness (QED) is 0.134. The number of benzene rings is 1. The maximum absolute atomic E-state index is 13.2. The van der Waals surface area contributed by atoms with Crippen molar-refractivity contribution in [1.82, 2.24) is 25.9 Å². The third-order valence-corrected chi connectivity index (χ3v) is 5.60. The Kier molecular flexibility index (Phi) is 11.5. The smallest absolute Gasteiger partial charge is 0.326 e. The van der Waals surface area contributed by atoms with E-state index in [-0.39, 0.29) is 25.0 Å². The number of rotatable bonds is 15. The SMILES string of the molecule is CC(N)C(=O)NC(Cc1ccc(O)cc1)C(=O)NC(CCCCN)C(=O)NC(Cc1cnc[nH]1)C(=O)O. The number of aliphatic carboxylic acids is 1. The zero-order valence-electron chi connectivity index (χ0n) is 20.6. The third kappa shape index (κ3) is 9.89. The van der Waals surface area contributed by atoms with Gasteiger partial charge in [0.15, 0.2) is 0 Å². The largest absolute Gasteiger partial charge is 0.508 e. The van der Waals surface area contributed by atoms with E-state index in [9.17, 15) is 29.4 Å². The summed E-state index contributed by atoms with van der Waals surface area (Å²) in [6.45, 7) is 1.85. The molecule has 2 rings (SSSR count). The molecule has 3 amide bonds. The van der Waals surface area contributed by atoms with Crippen LogP contribution in [0.1, 0.15) is 37.4 Å². The Bertz CT molecular complexity index is 1030. The number of carbonyl (C=O) groups is 4. The molecule has 4 unspecified atom stereocenters. The van der Waals surface area contributed by atoms with Crippen molar-refractivity contribution in [3.05, 3.63) is 48.0 Å². The number of aromatic hydroxyl groups is 1. The highest BCUT2D eigenvalue weighted by Crippen LogP contribution is 2.12. The van der Waals surface area contributed by atoms with Gasteiger partial charge in [-0.3, -0.25) is 14.4 Å². The Hall–Kier alpha value is -3.97. The molecule has 0 aliphatic carbocycles. The first-order valence-corrected chi connectivity index (χ1v) is 12.0. The molecule has 0 saturated carbocycles. The Labute approximate surface area is 214 Å². The molecular weight excluding hydrogens is 482 g/mol. The fraction of sp³-hybridized carbons (Fsp3) is 0.458. The van der Waals surface area contributed by atoms with Crippen LogP contribution in [0, 0.1) is 0 Å². The van der Waals surface area contributed by atoms with Crippen molar-refractivity contribution in [3.8, 4) is 5.75 Å². The normalized spacial score (nSPS) is 14.1. The summed E-state index contributed by atoms with van der Waals surface area (Å²) < 4.78 is 0. The fourth-order valence-corrected chi connectivity index (χ4v) is 3.50. The van der Waals surface area contributed by atoms with E-state index in [1.807, 2.05) is 0 Å². The molecule has 0 aliphatic rings. The number of carboxylic acids is 1. The van der Waals surface area contributed by atoms with E-state index in [1.165, 1.54) is 31.6 Å². The van der Waals surface area contributed by atoms with Gasteiger partial charge < -0.3 is 42.6 Å². The number of phenolic OH excluding ortho intramolecular Hbond substituents is 1. The molecule has 1 heterocycles. The number of amides is 3. The first-order valence-electron chi connectivity index (χ1n) is 12.0. The topological polar surface area (TPSA) is 226 Å². The third-order valence-electron chi connectivity index (χ3n) is 5.60. The Balaban J connectivity index is 2.19. The van der Waals surface area contributed by atoms with Gasteiger partial charge in [-0.05, 0) is 50.4 Å². The minimum atomic E-state index is -1.26. The highest BCUT2D eigenvalue weighted by atomic mass is 16.4. The van der Waals surface area contributed by atoms with Crippen LogP contribution >= 0.6 is 0 Å². The second kappa shape index (κ2) is 14.6. The molecule has 37 heavy (non-hydrogen) atoms. The molecule has 0 fully saturated rings. The highest BCUT2D eigenvalue weighted by Gasteiger charge is 2.30. The van der Waals surface area contributed by atoms with Gasteiger partial charge >= 0.3 is 5.97 Å². The van der Waals surface area contributed by atoms with Crippen molar-refractivity contribution < 1.29 is 29.4 Å². The van der Waals surface area contributed by atoms with Crippen LogP contribution in [0.3, 0.4) is 0 Å². The lowest BCUT2D eigenvalue weighted by molar-refractivity contribution is -0.142. The number of aromatic amines is 1. The van der Waals surface area contributed by atoms with E-state index >= 15 is 0 Å². The Morgan fingerprint density at radius 2 is 1.57 bits per heavy atom. The number of hydrogen-bond acceptors (Lipinski definition) is 8. The number of imidazole rings is 1. The van der Waals surface area contributed by atoms with Crippen molar-refractivity contribution >= 4 is 23.7 Å². The predicted molar refractivity (Wildman–Crippen MR) is 134 cm³/mol. The second-order valence-electron chi connectivity index (χ2n) is 8.75. The molecule has 13 heteroatoms. The number of nitrogens with one attached hydrogen (secondary N) is 4. The maximum Gasteiger partial charge on any atom is 0.326 e. The molecule has 4 atom stereocenters. The number of carboxylic acid groups (broad SMARTS) is 1. The van der Waals surface area contributed by atoms with Crippen LogP contribution in [-0.4, -0.2) is 74.6 Å². The molecule has 0 radical (unpaired) electrons. The Morgan fingerprint density at radius 3 is 2.14 bits per heavy atom. The Morgan fingerprint density at radius 1 is 0.946 bits per heavy atom. The molecule has 202 valence electrons. The number of carbonyl (C=O) groups excluding carboxylic acids is 3. The summed E-state index contributed by atoms with van der Waals surface area (Å²) in [4.78, 5) is 57.0. The van der Waals surface area contributed by atoms with Crippen LogP contribution in [0.25, 0.3) is 0 Å². The molecule has 10 N–H and O–H groups in total. The lowest BCUT2D eigenvalue weighted by Crippen LogP contribution is -2.57. The fourth-order valence-electron chi connectivity index (χ4n) is 3.50. The maximum atomic E-state index is 13.2. The summed E-state index contributed by atoms with van der Waals surface area (Å²) >= 11 is 0. The lowest BCUT2D eigenvalue weighted by Gasteiger charge is -2.25. The molecule has 1 aromatic carbocycles. The first-order chi connectivity index (χ1) is 17.6. The van der Waals surface area contributed by atoms with Gasteiger partial charge in [-0.25, -0.2) is 9.78 Å². The minimum absolute atomic E-state index is 0.0293. The van der Waals surface area contributed by atoms with Gasteiger partial charge in [0.1, 0.15) is 23.9 Å². The number of nitrogens with zero attached hydrogens (tertiary/aromatic N) is 1. The lowest BCUT2D eigenvalue weighted by atomic mass is 10.0. The van der Waals surface area contributed by atoms with Crippen molar-refractivity contribution in [2.45, 2.75) is 63.2 Å². The zero-order chi connectivity index (χ0) is 27.4. The number of unbranched alkanes of at least 4 members (excludes halogenated alkanes) is 1. The summed E-state index contributed by atoms with van der Waals surface area (Å²) in [6.07, 6.45) is 4.20. The van der Waals surface area contributed by atoms with E-state index < -0.39 is 47.9 Å². The van der Waals surface area contributed by atoms with Gasteiger partial charge in [0.2, 0.25) is 17.7 Å². The van der Waals surface area contributed by atoms with Gasteiger partial charge in [-0.2, -0.15) is 0 Å². The van der Waals surface area contributed by atoms with Gasteiger partial charge in [-0.15, -0.1) is 0 Å². The standard InChI is InChI=1S/C24H35N7O6/c1-14(26)21(33)30-19(10-15-5-7-17(32)8-6-15)23(35)29-18(4-2-3-9-25)22(34)31-20(24(36)37)11-16-12-27-13-28-16/h5-8,12-14,18-20,32H,2-4,9-11,25-26H2,1H3,(H,27,28)(H,29,35)(H,30,33)(H,31,34)(H,36,37). The van der Waals surface area contributed by atoms with E-state index in [0.717, 1.165) is 0 Å². The van der Waals surface area contributed by atoms with Crippen LogP contribution < -0.4 is 27.4 Å². The van der Waals surface area contributed by atoms with Crippen molar-refractivity contribution in [2.24, 2.45) is 11.5 Å². The monoisotopic (exact) mass is 517 g/mol. The van der Waals surface area contributed by atoms with E-state index in [4.69, 9.17) is 11.5 Å². The number of hydrogen-bond donors (Lipinski definition) is 8. The molecule has 0 spiro atoms. The van der Waals surface area contributed by atoms with Crippen LogP contribution in [0.15, 0.2) is 36.8 Å². The van der Waals surface area contributed by atoms with Crippen molar-refractivity contribution in [2.75, 3.05) is 6.54 Å². The van der Waals surface area contributed by atoms with Gasteiger partial charge in [0.25, 0.3) is 0 Å².